The van der Waals surface area contributed by atoms with Crippen LogP contribution in [0.5, 0.6) is 5.75 Å². The van der Waals surface area contributed by atoms with Gasteiger partial charge in [-0.15, -0.1) is 0 Å². The highest BCUT2D eigenvalue weighted by molar-refractivity contribution is 7.88. The first-order chi connectivity index (χ1) is 12.0. The van der Waals surface area contributed by atoms with Crippen LogP contribution in [0, 0.1) is 0 Å². The van der Waals surface area contributed by atoms with Gasteiger partial charge < -0.3 is 10.5 Å². The highest BCUT2D eigenvalue weighted by Crippen LogP contribution is 2.30. The molecule has 1 aliphatic rings. The van der Waals surface area contributed by atoms with Crippen LogP contribution < -0.4 is 10.5 Å². The number of piperidine rings is 1. The van der Waals surface area contributed by atoms with Crippen molar-refractivity contribution in [2.24, 2.45) is 5.73 Å². The minimum atomic E-state index is -3.27. The van der Waals surface area contributed by atoms with Gasteiger partial charge in [0.1, 0.15) is 11.9 Å². The number of ether oxygens (including phenoxy) is 1. The van der Waals surface area contributed by atoms with Crippen LogP contribution in [0.15, 0.2) is 54.6 Å². The molecule has 2 aromatic rings. The minimum Gasteiger partial charge on any atom is -0.489 e. The molecule has 0 aromatic heterocycles. The van der Waals surface area contributed by atoms with Gasteiger partial charge in [-0.2, -0.15) is 4.31 Å². The molecule has 0 saturated carbocycles. The van der Waals surface area contributed by atoms with E-state index in [4.69, 9.17) is 10.5 Å². The topological polar surface area (TPSA) is 72.6 Å². The first-order valence-electron chi connectivity index (χ1n) is 8.41. The van der Waals surface area contributed by atoms with Gasteiger partial charge in [0.05, 0.1) is 12.8 Å². The Hall–Kier alpha value is -1.89. The van der Waals surface area contributed by atoms with Crippen molar-refractivity contribution < 1.29 is 13.2 Å². The number of nitrogens with two attached hydrogens (primary N) is 1. The molecule has 6 heteroatoms. The van der Waals surface area contributed by atoms with Crippen LogP contribution in [0.25, 0.3) is 0 Å². The molecule has 0 radical (unpaired) electrons. The van der Waals surface area contributed by atoms with Crippen molar-refractivity contribution in [3.05, 3.63) is 65.7 Å². The quantitative estimate of drug-likeness (QED) is 0.888. The highest BCUT2D eigenvalue weighted by Gasteiger charge is 2.33. The zero-order chi connectivity index (χ0) is 17.9. The maximum Gasteiger partial charge on any atom is 0.211 e. The van der Waals surface area contributed by atoms with Crippen LogP contribution in [-0.2, 0) is 16.6 Å². The lowest BCUT2D eigenvalue weighted by Crippen LogP contribution is -2.47. The molecular weight excluding hydrogens is 336 g/mol. The van der Waals surface area contributed by atoms with E-state index in [1.807, 2.05) is 54.6 Å². The number of nitrogens with zero attached hydrogens (tertiary/aromatic N) is 1. The van der Waals surface area contributed by atoms with Crippen LogP contribution in [0.3, 0.4) is 0 Å². The third-order valence-corrected chi connectivity index (χ3v) is 5.79. The van der Waals surface area contributed by atoms with E-state index in [2.05, 4.69) is 0 Å². The lowest BCUT2D eigenvalue weighted by atomic mass is 9.90. The van der Waals surface area contributed by atoms with Crippen molar-refractivity contribution in [3.8, 4) is 5.75 Å². The third-order valence-electron chi connectivity index (χ3n) is 4.56. The molecule has 2 N–H and O–H groups in total. The first-order valence-corrected chi connectivity index (χ1v) is 10.3. The van der Waals surface area contributed by atoms with E-state index in [1.54, 1.807) is 0 Å². The molecule has 0 aliphatic carbocycles. The number of hydrogen-bond acceptors (Lipinski definition) is 4. The van der Waals surface area contributed by atoms with Gasteiger partial charge in [-0.3, -0.25) is 0 Å². The van der Waals surface area contributed by atoms with Gasteiger partial charge in [0.2, 0.25) is 10.0 Å². The Bertz CT molecular complexity index is 808. The average Bonchev–Trinajstić information content (AvgIpc) is 2.61. The van der Waals surface area contributed by atoms with Crippen LogP contribution in [-0.4, -0.2) is 38.2 Å². The molecule has 2 unspecified atom stereocenters. The number of benzene rings is 2. The van der Waals surface area contributed by atoms with Crippen LogP contribution in [0.4, 0.5) is 0 Å². The average molecular weight is 360 g/mol. The second-order valence-corrected chi connectivity index (χ2v) is 8.50. The third kappa shape index (κ3) is 4.60. The second kappa shape index (κ2) is 7.56. The molecular formula is C19H24N2O3S. The summed E-state index contributed by atoms with van der Waals surface area (Å²) in [5.74, 6) is 0.850. The maximum absolute atomic E-state index is 12.1. The van der Waals surface area contributed by atoms with Gasteiger partial charge in [-0.05, 0) is 29.7 Å². The molecule has 1 heterocycles. The summed E-state index contributed by atoms with van der Waals surface area (Å²) in [6, 6.07) is 17.7. The monoisotopic (exact) mass is 360 g/mol. The molecule has 0 bridgehead atoms. The van der Waals surface area contributed by atoms with Crippen molar-refractivity contribution in [2.45, 2.75) is 25.0 Å². The summed E-state index contributed by atoms with van der Waals surface area (Å²) in [4.78, 5) is 0. The fraction of sp³-hybridized carbons (Fsp3) is 0.368. The molecule has 25 heavy (non-hydrogen) atoms. The minimum absolute atomic E-state index is 0.118. The van der Waals surface area contributed by atoms with Crippen LogP contribution >= 0.6 is 0 Å². The summed E-state index contributed by atoms with van der Waals surface area (Å²) in [5.41, 5.74) is 7.82. The van der Waals surface area contributed by atoms with Crippen molar-refractivity contribution in [1.29, 1.82) is 0 Å². The lowest BCUT2D eigenvalue weighted by molar-refractivity contribution is 0.117. The molecule has 1 fully saturated rings. The van der Waals surface area contributed by atoms with E-state index < -0.39 is 10.0 Å². The first kappa shape index (κ1) is 17.9. The maximum atomic E-state index is 12.1. The van der Waals surface area contributed by atoms with Gasteiger partial charge in [0.25, 0.3) is 0 Å². The van der Waals surface area contributed by atoms with Crippen molar-refractivity contribution >= 4 is 10.0 Å². The molecule has 2 atom stereocenters. The van der Waals surface area contributed by atoms with Crippen LogP contribution in [0.2, 0.25) is 0 Å². The Morgan fingerprint density at radius 2 is 1.88 bits per heavy atom. The Labute approximate surface area is 149 Å². The van der Waals surface area contributed by atoms with Crippen molar-refractivity contribution in [3.63, 3.8) is 0 Å². The van der Waals surface area contributed by atoms with Crippen molar-refractivity contribution in [2.75, 3.05) is 19.3 Å². The molecule has 3 rings (SSSR count). The van der Waals surface area contributed by atoms with E-state index in [0.29, 0.717) is 19.6 Å². The largest absolute Gasteiger partial charge is 0.489 e. The van der Waals surface area contributed by atoms with E-state index in [1.165, 1.54) is 10.6 Å². The van der Waals surface area contributed by atoms with E-state index in [0.717, 1.165) is 23.3 Å². The molecule has 1 saturated heterocycles. The predicted molar refractivity (Wildman–Crippen MR) is 99.0 cm³/mol. The molecule has 1 aliphatic heterocycles. The Balaban J connectivity index is 1.82. The molecule has 0 amide bonds. The summed E-state index contributed by atoms with van der Waals surface area (Å²) in [6.07, 6.45) is 1.84. The van der Waals surface area contributed by atoms with Gasteiger partial charge in [0, 0.05) is 19.0 Å². The Morgan fingerprint density at radius 3 is 2.56 bits per heavy atom. The summed E-state index contributed by atoms with van der Waals surface area (Å²) in [7, 11) is -3.27. The van der Waals surface area contributed by atoms with Gasteiger partial charge in [-0.1, -0.05) is 42.5 Å². The van der Waals surface area contributed by atoms with E-state index in [9.17, 15) is 8.42 Å². The fourth-order valence-electron chi connectivity index (χ4n) is 3.27. The zero-order valence-corrected chi connectivity index (χ0v) is 15.2. The second-order valence-electron chi connectivity index (χ2n) is 6.51. The van der Waals surface area contributed by atoms with Crippen molar-refractivity contribution in [1.82, 2.24) is 4.31 Å². The highest BCUT2D eigenvalue weighted by atomic mass is 32.2. The van der Waals surface area contributed by atoms with Gasteiger partial charge in [-0.25, -0.2) is 8.42 Å². The van der Waals surface area contributed by atoms with E-state index in [-0.39, 0.29) is 12.0 Å². The fourth-order valence-corrected chi connectivity index (χ4v) is 4.16. The van der Waals surface area contributed by atoms with Crippen LogP contribution in [0.1, 0.15) is 23.5 Å². The summed E-state index contributed by atoms with van der Waals surface area (Å²) in [6.45, 7) is 1.31. The molecule has 5 nitrogen and oxygen atoms in total. The predicted octanol–water partition coefficient (Wildman–Crippen LogP) is 2.34. The molecule has 134 valence electrons. The normalized spacial score (nSPS) is 21.8. The van der Waals surface area contributed by atoms with Gasteiger partial charge in [0.15, 0.2) is 0 Å². The number of hydrogen-bond donors (Lipinski definition) is 1. The number of rotatable bonds is 5. The molecule has 2 aromatic carbocycles. The Morgan fingerprint density at radius 1 is 1.12 bits per heavy atom. The summed E-state index contributed by atoms with van der Waals surface area (Å²) >= 11 is 0. The smallest absolute Gasteiger partial charge is 0.211 e. The number of sulfonamides is 1. The Kier molecular flexibility index (Phi) is 5.42. The zero-order valence-electron chi connectivity index (χ0n) is 14.3. The lowest BCUT2D eigenvalue weighted by Gasteiger charge is -2.36. The molecule has 0 spiro atoms. The summed E-state index contributed by atoms with van der Waals surface area (Å²) in [5, 5.41) is 0. The standard InChI is InChI=1S/C19H24N2O3S/c1-25(22,23)21-13-17(16-7-3-2-4-8-16)11-19(14-21)24-18-9-5-6-15(10-18)12-20/h2-10,17,19H,11-14,20H2,1H3. The van der Waals surface area contributed by atoms with Gasteiger partial charge >= 0.3 is 0 Å². The van der Waals surface area contributed by atoms with E-state index >= 15 is 0 Å². The summed E-state index contributed by atoms with van der Waals surface area (Å²) < 4.78 is 31.9. The SMILES string of the molecule is CS(=O)(=O)N1CC(Oc2cccc(CN)c2)CC(c2ccccc2)C1.